The van der Waals surface area contributed by atoms with E-state index in [9.17, 15) is 0 Å². The predicted octanol–water partition coefficient (Wildman–Crippen LogP) is 2.74. The monoisotopic (exact) mass is 389 g/mol. The van der Waals surface area contributed by atoms with Crippen molar-refractivity contribution in [2.45, 2.75) is 31.3 Å². The summed E-state index contributed by atoms with van der Waals surface area (Å²) in [5.74, 6) is 1.42. The number of piperidine rings is 1. The first-order valence-electron chi connectivity index (χ1n) is 8.51. The maximum absolute atomic E-state index is 6.41. The summed E-state index contributed by atoms with van der Waals surface area (Å²) in [4.78, 5) is 2.25. The van der Waals surface area contributed by atoms with E-state index in [0.29, 0.717) is 10.8 Å². The molecule has 1 N–H and O–H groups in total. The van der Waals surface area contributed by atoms with Crippen molar-refractivity contribution >= 4 is 28.1 Å². The van der Waals surface area contributed by atoms with Crippen LogP contribution in [0.2, 0.25) is 5.02 Å². The van der Waals surface area contributed by atoms with Crippen molar-refractivity contribution in [1.82, 2.24) is 30.8 Å². The Morgan fingerprint density at radius 2 is 2.04 bits per heavy atom. The molecule has 0 unspecified atom stereocenters. The van der Waals surface area contributed by atoms with Crippen molar-refractivity contribution in [1.29, 1.82) is 0 Å². The van der Waals surface area contributed by atoms with Gasteiger partial charge in [0.25, 0.3) is 0 Å². The highest BCUT2D eigenvalue weighted by molar-refractivity contribution is 7.18. The maximum atomic E-state index is 6.41. The number of ether oxygens (including phenoxy) is 1. The molecule has 0 bridgehead atoms. The lowest BCUT2D eigenvalue weighted by Gasteiger charge is -2.44. The number of tetrazole rings is 1. The van der Waals surface area contributed by atoms with E-state index in [4.69, 9.17) is 16.3 Å². The standard InChI is InChI=1S/C16H16ClN7OS/c17-11-2-1-3-12-10(11)4-5-16(25-12)6-8-24(9-7-16)15-21-20-14(26-15)13-18-22-23-19-13/h1-3H,4-9H2,(H,18,19,22,23). The average molecular weight is 390 g/mol. The largest absolute Gasteiger partial charge is 0.487 e. The fraction of sp³-hybridized carbons (Fsp3) is 0.438. The normalized spacial score (nSPS) is 18.6. The van der Waals surface area contributed by atoms with Crippen LogP contribution in [0.5, 0.6) is 5.75 Å². The molecule has 5 rings (SSSR count). The van der Waals surface area contributed by atoms with Gasteiger partial charge in [0.2, 0.25) is 11.0 Å². The van der Waals surface area contributed by atoms with Crippen molar-refractivity contribution in [2.75, 3.05) is 18.0 Å². The minimum atomic E-state index is -0.102. The molecule has 0 aliphatic carbocycles. The summed E-state index contributed by atoms with van der Waals surface area (Å²) in [5, 5.41) is 24.7. The molecule has 0 amide bonds. The third-order valence-electron chi connectivity index (χ3n) is 5.13. The number of halogens is 1. The van der Waals surface area contributed by atoms with Gasteiger partial charge in [-0.25, -0.2) is 0 Å². The summed E-state index contributed by atoms with van der Waals surface area (Å²) in [6.07, 6.45) is 3.88. The molecule has 2 aliphatic rings. The van der Waals surface area contributed by atoms with Crippen molar-refractivity contribution < 1.29 is 4.74 Å². The van der Waals surface area contributed by atoms with Crippen LogP contribution >= 0.6 is 22.9 Å². The minimum absolute atomic E-state index is 0.102. The lowest BCUT2D eigenvalue weighted by Crippen LogP contribution is -2.49. The van der Waals surface area contributed by atoms with Gasteiger partial charge in [-0.1, -0.05) is 29.0 Å². The molecule has 26 heavy (non-hydrogen) atoms. The van der Waals surface area contributed by atoms with Gasteiger partial charge in [-0.2, -0.15) is 5.21 Å². The van der Waals surface area contributed by atoms with Gasteiger partial charge in [0.05, 0.1) is 0 Å². The number of nitrogens with zero attached hydrogens (tertiary/aromatic N) is 6. The Hall–Kier alpha value is -2.26. The number of hydrogen-bond acceptors (Lipinski definition) is 8. The number of nitrogens with one attached hydrogen (secondary N) is 1. The number of rotatable bonds is 2. The van der Waals surface area contributed by atoms with Crippen LogP contribution in [0.3, 0.4) is 0 Å². The van der Waals surface area contributed by atoms with E-state index in [-0.39, 0.29) is 5.60 Å². The van der Waals surface area contributed by atoms with Crippen molar-refractivity contribution in [2.24, 2.45) is 0 Å². The predicted molar refractivity (Wildman–Crippen MR) is 97.7 cm³/mol. The van der Waals surface area contributed by atoms with Crippen LogP contribution in [0.1, 0.15) is 24.8 Å². The molecular formula is C16H16ClN7OS. The Bertz CT molecular complexity index is 921. The summed E-state index contributed by atoms with van der Waals surface area (Å²) >= 11 is 7.78. The summed E-state index contributed by atoms with van der Waals surface area (Å²) in [6, 6.07) is 5.91. The molecule has 0 radical (unpaired) electrons. The number of fused-ring (bicyclic) bond motifs is 1. The highest BCUT2D eigenvalue weighted by Gasteiger charge is 2.40. The average Bonchev–Trinajstić information content (AvgIpc) is 3.34. The smallest absolute Gasteiger partial charge is 0.235 e. The molecule has 0 saturated carbocycles. The lowest BCUT2D eigenvalue weighted by molar-refractivity contribution is 0.0226. The van der Waals surface area contributed by atoms with Gasteiger partial charge in [-0.05, 0) is 30.2 Å². The third-order valence-corrected chi connectivity index (χ3v) is 6.46. The quantitative estimate of drug-likeness (QED) is 0.720. The SMILES string of the molecule is Clc1cccc2c1CCC1(CCN(c3nnc(-c4nn[nH]n4)s3)CC1)O2. The van der Waals surface area contributed by atoms with Crippen molar-refractivity contribution in [3.63, 3.8) is 0 Å². The van der Waals surface area contributed by atoms with E-state index >= 15 is 0 Å². The number of hydrogen-bond donors (Lipinski definition) is 1. The Morgan fingerprint density at radius 1 is 1.15 bits per heavy atom. The molecule has 4 heterocycles. The lowest BCUT2D eigenvalue weighted by atomic mass is 9.83. The fourth-order valence-electron chi connectivity index (χ4n) is 3.66. The molecule has 1 fully saturated rings. The number of benzene rings is 1. The number of H-pyrrole nitrogens is 1. The first-order chi connectivity index (χ1) is 12.7. The Morgan fingerprint density at radius 3 is 2.85 bits per heavy atom. The summed E-state index contributed by atoms with van der Waals surface area (Å²) in [5.41, 5.74) is 1.03. The molecular weight excluding hydrogens is 374 g/mol. The Balaban J connectivity index is 1.30. The van der Waals surface area contributed by atoms with E-state index in [1.165, 1.54) is 11.3 Å². The summed E-state index contributed by atoms with van der Waals surface area (Å²) < 4.78 is 6.41. The third kappa shape index (κ3) is 2.71. The molecule has 134 valence electrons. The second kappa shape index (κ2) is 6.17. The number of aromatic nitrogens is 6. The van der Waals surface area contributed by atoms with Crippen molar-refractivity contribution in [3.05, 3.63) is 28.8 Å². The number of anilines is 1. The van der Waals surface area contributed by atoms with E-state index in [1.54, 1.807) is 0 Å². The van der Waals surface area contributed by atoms with Crippen LogP contribution in [-0.4, -0.2) is 49.5 Å². The van der Waals surface area contributed by atoms with Crippen LogP contribution in [0, 0.1) is 0 Å². The second-order valence-corrected chi connectivity index (χ2v) is 7.98. The van der Waals surface area contributed by atoms with Crippen LogP contribution in [0.4, 0.5) is 5.13 Å². The molecule has 10 heteroatoms. The van der Waals surface area contributed by atoms with Gasteiger partial charge < -0.3 is 9.64 Å². The highest BCUT2D eigenvalue weighted by Crippen LogP contribution is 2.42. The van der Waals surface area contributed by atoms with Gasteiger partial charge in [-0.3, -0.25) is 0 Å². The van der Waals surface area contributed by atoms with E-state index in [0.717, 1.165) is 60.2 Å². The second-order valence-electron chi connectivity index (χ2n) is 6.61. The Kier molecular flexibility index (Phi) is 3.79. The van der Waals surface area contributed by atoms with Crippen LogP contribution in [-0.2, 0) is 6.42 Å². The highest BCUT2D eigenvalue weighted by atomic mass is 35.5. The van der Waals surface area contributed by atoms with E-state index < -0.39 is 0 Å². The van der Waals surface area contributed by atoms with Crippen LogP contribution in [0.25, 0.3) is 10.8 Å². The molecule has 1 aromatic carbocycles. The Labute approximate surface area is 158 Å². The zero-order valence-electron chi connectivity index (χ0n) is 13.9. The fourth-order valence-corrected chi connectivity index (χ4v) is 4.74. The molecule has 2 aromatic heterocycles. The molecule has 1 saturated heterocycles. The van der Waals surface area contributed by atoms with Gasteiger partial charge in [0.15, 0.2) is 5.01 Å². The van der Waals surface area contributed by atoms with E-state index in [1.807, 2.05) is 18.2 Å². The van der Waals surface area contributed by atoms with Crippen LogP contribution < -0.4 is 9.64 Å². The number of aromatic amines is 1. The van der Waals surface area contributed by atoms with Crippen molar-refractivity contribution in [3.8, 4) is 16.6 Å². The van der Waals surface area contributed by atoms with E-state index in [2.05, 4.69) is 35.7 Å². The molecule has 2 aliphatic heterocycles. The van der Waals surface area contributed by atoms with Crippen LogP contribution in [0.15, 0.2) is 18.2 Å². The zero-order chi connectivity index (χ0) is 17.6. The minimum Gasteiger partial charge on any atom is -0.487 e. The molecule has 8 nitrogen and oxygen atoms in total. The van der Waals surface area contributed by atoms with Gasteiger partial charge in [0.1, 0.15) is 11.4 Å². The zero-order valence-corrected chi connectivity index (χ0v) is 15.4. The summed E-state index contributed by atoms with van der Waals surface area (Å²) in [7, 11) is 0. The molecule has 3 aromatic rings. The topological polar surface area (TPSA) is 92.7 Å². The van der Waals surface area contributed by atoms with Gasteiger partial charge >= 0.3 is 0 Å². The summed E-state index contributed by atoms with van der Waals surface area (Å²) in [6.45, 7) is 1.77. The first-order valence-corrected chi connectivity index (χ1v) is 9.71. The van der Waals surface area contributed by atoms with Gasteiger partial charge in [-0.15, -0.1) is 20.4 Å². The maximum Gasteiger partial charge on any atom is 0.235 e. The van der Waals surface area contributed by atoms with Gasteiger partial charge in [0, 0.05) is 36.5 Å². The molecule has 0 atom stereocenters. The molecule has 1 spiro atoms. The first kappa shape index (κ1) is 16.0.